The molecule has 0 radical (unpaired) electrons. The Morgan fingerprint density at radius 3 is 2.40 bits per heavy atom. The van der Waals surface area contributed by atoms with E-state index in [1.807, 2.05) is 31.6 Å². The zero-order chi connectivity index (χ0) is 14.2. The third-order valence-corrected chi connectivity index (χ3v) is 3.18. The van der Waals surface area contributed by atoms with Crippen LogP contribution in [-0.2, 0) is 0 Å². The molecule has 0 aliphatic carbocycles. The van der Waals surface area contributed by atoms with Crippen LogP contribution in [0.2, 0.25) is 0 Å². The molecule has 1 aromatic carbocycles. The molecule has 1 unspecified atom stereocenters. The van der Waals surface area contributed by atoms with Gasteiger partial charge in [-0.15, -0.1) is 0 Å². The molecule has 1 heterocycles. The van der Waals surface area contributed by atoms with Gasteiger partial charge in [0.2, 0.25) is 0 Å². The van der Waals surface area contributed by atoms with Crippen LogP contribution in [0.4, 0.5) is 0 Å². The minimum atomic E-state index is 0.0980. The molecule has 4 nitrogen and oxygen atoms in total. The zero-order valence-corrected chi connectivity index (χ0v) is 12.0. The van der Waals surface area contributed by atoms with Crippen molar-refractivity contribution in [1.29, 1.82) is 0 Å². The summed E-state index contributed by atoms with van der Waals surface area (Å²) in [5.41, 5.74) is 2.22. The molecular formula is C16H21N3O. The maximum absolute atomic E-state index is 5.68. The third-order valence-electron chi connectivity index (χ3n) is 3.18. The second-order valence-corrected chi connectivity index (χ2v) is 4.66. The van der Waals surface area contributed by atoms with Gasteiger partial charge in [0.25, 0.3) is 0 Å². The van der Waals surface area contributed by atoms with Crippen LogP contribution in [0.3, 0.4) is 0 Å². The standard InChI is InChI=1S/C16H21N3O/c1-3-4-9-20-15-7-5-13(6-8-15)16(17-2)14-10-18-12-19-11-14/h5-8,10-12,16-17H,3-4,9H2,1-2H3. The molecule has 1 N–H and O–H groups in total. The first kappa shape index (κ1) is 14.5. The number of benzene rings is 1. The van der Waals surface area contributed by atoms with Crippen LogP contribution in [-0.4, -0.2) is 23.6 Å². The van der Waals surface area contributed by atoms with Crippen molar-refractivity contribution in [3.63, 3.8) is 0 Å². The minimum absolute atomic E-state index is 0.0980. The van der Waals surface area contributed by atoms with Crippen molar-refractivity contribution in [3.8, 4) is 5.75 Å². The van der Waals surface area contributed by atoms with Crippen LogP contribution >= 0.6 is 0 Å². The number of rotatable bonds is 7. The van der Waals surface area contributed by atoms with Gasteiger partial charge in [0.05, 0.1) is 12.6 Å². The van der Waals surface area contributed by atoms with Crippen LogP contribution in [0.25, 0.3) is 0 Å². The number of nitrogens with one attached hydrogen (secondary N) is 1. The van der Waals surface area contributed by atoms with Crippen molar-refractivity contribution in [2.45, 2.75) is 25.8 Å². The van der Waals surface area contributed by atoms with Gasteiger partial charge in [-0.25, -0.2) is 9.97 Å². The van der Waals surface area contributed by atoms with Gasteiger partial charge < -0.3 is 10.1 Å². The van der Waals surface area contributed by atoms with Crippen LogP contribution in [0.5, 0.6) is 5.75 Å². The van der Waals surface area contributed by atoms with Crippen LogP contribution in [0.1, 0.15) is 36.9 Å². The first-order valence-electron chi connectivity index (χ1n) is 7.00. The Labute approximate surface area is 120 Å². The van der Waals surface area contributed by atoms with Gasteiger partial charge in [0.1, 0.15) is 12.1 Å². The van der Waals surface area contributed by atoms with E-state index in [-0.39, 0.29) is 6.04 Å². The quantitative estimate of drug-likeness (QED) is 0.786. The molecule has 0 saturated carbocycles. The van der Waals surface area contributed by atoms with Gasteiger partial charge in [-0.1, -0.05) is 25.5 Å². The van der Waals surface area contributed by atoms with Crippen molar-refractivity contribution in [2.75, 3.05) is 13.7 Å². The smallest absolute Gasteiger partial charge is 0.119 e. The van der Waals surface area contributed by atoms with Crippen molar-refractivity contribution < 1.29 is 4.74 Å². The molecular weight excluding hydrogens is 250 g/mol. The normalized spacial score (nSPS) is 12.1. The number of nitrogens with zero attached hydrogens (tertiary/aromatic N) is 2. The lowest BCUT2D eigenvalue weighted by molar-refractivity contribution is 0.309. The van der Waals surface area contributed by atoms with E-state index in [2.05, 4.69) is 34.3 Å². The Bertz CT molecular complexity index is 499. The van der Waals surface area contributed by atoms with Crippen LogP contribution < -0.4 is 10.1 Å². The summed E-state index contributed by atoms with van der Waals surface area (Å²) in [5, 5.41) is 3.29. The molecule has 0 fully saturated rings. The Kier molecular flexibility index (Phi) is 5.50. The molecule has 20 heavy (non-hydrogen) atoms. The second-order valence-electron chi connectivity index (χ2n) is 4.66. The summed E-state index contributed by atoms with van der Waals surface area (Å²) in [5.74, 6) is 0.918. The van der Waals surface area contributed by atoms with E-state index in [0.717, 1.165) is 30.8 Å². The number of hydrogen-bond acceptors (Lipinski definition) is 4. The second kappa shape index (κ2) is 7.60. The van der Waals surface area contributed by atoms with E-state index in [4.69, 9.17) is 4.74 Å². The fraction of sp³-hybridized carbons (Fsp3) is 0.375. The Morgan fingerprint density at radius 1 is 1.10 bits per heavy atom. The first-order valence-corrected chi connectivity index (χ1v) is 7.00. The van der Waals surface area contributed by atoms with E-state index in [0.29, 0.717) is 0 Å². The lowest BCUT2D eigenvalue weighted by Crippen LogP contribution is -2.18. The predicted molar refractivity (Wildman–Crippen MR) is 79.8 cm³/mol. The van der Waals surface area contributed by atoms with E-state index in [1.165, 1.54) is 5.56 Å². The molecule has 106 valence electrons. The summed E-state index contributed by atoms with van der Waals surface area (Å²) in [4.78, 5) is 8.14. The van der Waals surface area contributed by atoms with Crippen LogP contribution in [0, 0.1) is 0 Å². The minimum Gasteiger partial charge on any atom is -0.494 e. The van der Waals surface area contributed by atoms with E-state index < -0.39 is 0 Å². The molecule has 0 bridgehead atoms. The summed E-state index contributed by atoms with van der Waals surface area (Å²) < 4.78 is 5.68. The van der Waals surface area contributed by atoms with Gasteiger partial charge in [-0.3, -0.25) is 0 Å². The first-order chi connectivity index (χ1) is 9.85. The monoisotopic (exact) mass is 271 g/mol. The van der Waals surface area contributed by atoms with Crippen molar-refractivity contribution in [3.05, 3.63) is 54.1 Å². The molecule has 0 aliphatic rings. The molecule has 1 aromatic heterocycles. The van der Waals surface area contributed by atoms with Gasteiger partial charge in [0.15, 0.2) is 0 Å². The topological polar surface area (TPSA) is 47.0 Å². The maximum Gasteiger partial charge on any atom is 0.119 e. The molecule has 0 amide bonds. The highest BCUT2D eigenvalue weighted by molar-refractivity contribution is 5.33. The average molecular weight is 271 g/mol. The van der Waals surface area contributed by atoms with E-state index in [9.17, 15) is 0 Å². The van der Waals surface area contributed by atoms with Crippen molar-refractivity contribution in [2.24, 2.45) is 0 Å². The summed E-state index contributed by atoms with van der Waals surface area (Å²) in [7, 11) is 1.93. The van der Waals surface area contributed by atoms with Crippen molar-refractivity contribution >= 4 is 0 Å². The Balaban J connectivity index is 2.08. The number of unbranched alkanes of at least 4 members (excludes halogenated alkanes) is 1. The molecule has 0 spiro atoms. The molecule has 1 atom stereocenters. The number of aromatic nitrogens is 2. The zero-order valence-electron chi connectivity index (χ0n) is 12.0. The number of ether oxygens (including phenoxy) is 1. The van der Waals surface area contributed by atoms with E-state index in [1.54, 1.807) is 6.33 Å². The Hall–Kier alpha value is -1.94. The highest BCUT2D eigenvalue weighted by atomic mass is 16.5. The lowest BCUT2D eigenvalue weighted by Gasteiger charge is -2.16. The highest BCUT2D eigenvalue weighted by Gasteiger charge is 2.12. The van der Waals surface area contributed by atoms with E-state index >= 15 is 0 Å². The van der Waals surface area contributed by atoms with Gasteiger partial charge >= 0.3 is 0 Å². The van der Waals surface area contributed by atoms with Crippen LogP contribution in [0.15, 0.2) is 43.0 Å². The SMILES string of the molecule is CCCCOc1ccc(C(NC)c2cncnc2)cc1. The van der Waals surface area contributed by atoms with Gasteiger partial charge in [0, 0.05) is 18.0 Å². The largest absolute Gasteiger partial charge is 0.494 e. The maximum atomic E-state index is 5.68. The molecule has 2 rings (SSSR count). The molecule has 4 heteroatoms. The number of hydrogen-bond donors (Lipinski definition) is 1. The fourth-order valence-electron chi connectivity index (χ4n) is 2.08. The van der Waals surface area contributed by atoms with Gasteiger partial charge in [-0.2, -0.15) is 0 Å². The summed E-state index contributed by atoms with van der Waals surface area (Å²) >= 11 is 0. The summed E-state index contributed by atoms with van der Waals surface area (Å²) in [6.07, 6.45) is 7.44. The predicted octanol–water partition coefficient (Wildman–Crippen LogP) is 2.96. The average Bonchev–Trinajstić information content (AvgIpc) is 2.51. The van der Waals surface area contributed by atoms with Crippen molar-refractivity contribution in [1.82, 2.24) is 15.3 Å². The Morgan fingerprint density at radius 2 is 1.80 bits per heavy atom. The molecule has 0 aliphatic heterocycles. The van der Waals surface area contributed by atoms with Gasteiger partial charge in [-0.05, 0) is 31.2 Å². The molecule has 0 saturated heterocycles. The fourth-order valence-corrected chi connectivity index (χ4v) is 2.08. The lowest BCUT2D eigenvalue weighted by atomic mass is 10.0. The third kappa shape index (κ3) is 3.78. The molecule has 2 aromatic rings. The summed E-state index contributed by atoms with van der Waals surface area (Å²) in [6.45, 7) is 2.93. The highest BCUT2D eigenvalue weighted by Crippen LogP contribution is 2.22. The summed E-state index contributed by atoms with van der Waals surface area (Å²) in [6, 6.07) is 8.28.